The molecule has 3 heteroatoms. The molecule has 3 nitrogen and oxygen atoms in total. The minimum atomic E-state index is -0.0435. The Bertz CT molecular complexity index is 183. The van der Waals surface area contributed by atoms with Gasteiger partial charge in [0.05, 0.1) is 11.7 Å². The first-order valence-electron chi connectivity index (χ1n) is 6.82. The Labute approximate surface area is 107 Å². The molecule has 0 amide bonds. The van der Waals surface area contributed by atoms with Crippen molar-refractivity contribution in [3.05, 3.63) is 0 Å². The van der Waals surface area contributed by atoms with Crippen LogP contribution in [0.15, 0.2) is 0 Å². The second-order valence-electron chi connectivity index (χ2n) is 5.23. The number of hydrogen-bond acceptors (Lipinski definition) is 3. The van der Waals surface area contributed by atoms with E-state index in [0.717, 1.165) is 32.2 Å². The van der Waals surface area contributed by atoms with E-state index < -0.39 is 0 Å². The number of likely N-dealkylation sites (N-methyl/N-ethyl adjacent to an activating group) is 1. The van der Waals surface area contributed by atoms with Crippen LogP contribution >= 0.6 is 0 Å². The van der Waals surface area contributed by atoms with Crippen LogP contribution in [0, 0.1) is 0 Å². The Balaban J connectivity index is 4.30. The van der Waals surface area contributed by atoms with Gasteiger partial charge < -0.3 is 14.8 Å². The number of rotatable bonds is 10. The van der Waals surface area contributed by atoms with Gasteiger partial charge in [-0.25, -0.2) is 0 Å². The average Bonchev–Trinajstić information content (AvgIpc) is 2.32. The molecule has 0 aliphatic rings. The van der Waals surface area contributed by atoms with E-state index >= 15 is 0 Å². The molecule has 2 unspecified atom stereocenters. The zero-order valence-electron chi connectivity index (χ0n) is 12.5. The van der Waals surface area contributed by atoms with E-state index in [2.05, 4.69) is 33.0 Å². The first-order chi connectivity index (χ1) is 8.00. The quantitative estimate of drug-likeness (QED) is 0.642. The Kier molecular flexibility index (Phi) is 8.83. The van der Waals surface area contributed by atoms with Crippen molar-refractivity contribution in [1.82, 2.24) is 5.32 Å². The number of ether oxygens (including phenoxy) is 2. The summed E-state index contributed by atoms with van der Waals surface area (Å²) in [7, 11) is 3.59. The van der Waals surface area contributed by atoms with Crippen LogP contribution in [0.5, 0.6) is 0 Å². The van der Waals surface area contributed by atoms with Crippen molar-refractivity contribution in [3.8, 4) is 0 Å². The minimum absolute atomic E-state index is 0.0435. The summed E-state index contributed by atoms with van der Waals surface area (Å²) in [6.45, 7) is 9.61. The third kappa shape index (κ3) is 7.02. The highest BCUT2D eigenvalue weighted by Gasteiger charge is 2.24. The highest BCUT2D eigenvalue weighted by molar-refractivity contribution is 4.80. The topological polar surface area (TPSA) is 30.5 Å². The zero-order valence-corrected chi connectivity index (χ0v) is 12.5. The van der Waals surface area contributed by atoms with Crippen LogP contribution in [0.3, 0.4) is 0 Å². The van der Waals surface area contributed by atoms with Crippen molar-refractivity contribution in [1.29, 1.82) is 0 Å². The molecule has 0 aromatic carbocycles. The summed E-state index contributed by atoms with van der Waals surface area (Å²) < 4.78 is 11.1. The highest BCUT2D eigenvalue weighted by atomic mass is 16.5. The van der Waals surface area contributed by atoms with Crippen molar-refractivity contribution < 1.29 is 9.47 Å². The maximum atomic E-state index is 5.60. The summed E-state index contributed by atoms with van der Waals surface area (Å²) in [5.41, 5.74) is -0.0435. The monoisotopic (exact) mass is 245 g/mol. The van der Waals surface area contributed by atoms with E-state index in [4.69, 9.17) is 9.47 Å². The smallest absolute Gasteiger partial charge is 0.0724 e. The lowest BCUT2D eigenvalue weighted by molar-refractivity contribution is 0.00126. The average molecular weight is 245 g/mol. The first-order valence-corrected chi connectivity index (χ1v) is 6.82. The standard InChI is InChI=1S/C14H31NO2/c1-7-9-13(16-5)12(15-8-2)10-11-14(3,4)17-6/h12-13,15H,7-11H2,1-6H3. The maximum absolute atomic E-state index is 5.60. The molecule has 104 valence electrons. The molecular formula is C14H31NO2. The summed E-state index contributed by atoms with van der Waals surface area (Å²) >= 11 is 0. The molecule has 0 aliphatic heterocycles. The molecule has 2 atom stereocenters. The van der Waals surface area contributed by atoms with Crippen molar-refractivity contribution in [2.45, 2.75) is 71.1 Å². The van der Waals surface area contributed by atoms with Crippen LogP contribution < -0.4 is 5.32 Å². The number of methoxy groups -OCH3 is 2. The molecule has 0 saturated heterocycles. The summed E-state index contributed by atoms with van der Waals surface area (Å²) in [6.07, 6.45) is 4.72. The molecule has 0 spiro atoms. The largest absolute Gasteiger partial charge is 0.380 e. The van der Waals surface area contributed by atoms with Gasteiger partial charge >= 0.3 is 0 Å². The van der Waals surface area contributed by atoms with Gasteiger partial charge in [-0.05, 0) is 39.7 Å². The van der Waals surface area contributed by atoms with Gasteiger partial charge in [-0.2, -0.15) is 0 Å². The van der Waals surface area contributed by atoms with Gasteiger partial charge in [0.2, 0.25) is 0 Å². The van der Waals surface area contributed by atoms with Crippen molar-refractivity contribution in [2.75, 3.05) is 20.8 Å². The van der Waals surface area contributed by atoms with Crippen LogP contribution in [-0.2, 0) is 9.47 Å². The lowest BCUT2D eigenvalue weighted by Crippen LogP contribution is -2.42. The minimum Gasteiger partial charge on any atom is -0.380 e. The molecular weight excluding hydrogens is 214 g/mol. The highest BCUT2D eigenvalue weighted by Crippen LogP contribution is 2.20. The van der Waals surface area contributed by atoms with Gasteiger partial charge in [0, 0.05) is 20.3 Å². The lowest BCUT2D eigenvalue weighted by atomic mass is 9.94. The molecule has 0 bridgehead atoms. The number of nitrogens with one attached hydrogen (secondary N) is 1. The second-order valence-corrected chi connectivity index (χ2v) is 5.23. The van der Waals surface area contributed by atoms with Crippen LogP contribution in [-0.4, -0.2) is 38.5 Å². The predicted octanol–water partition coefficient (Wildman–Crippen LogP) is 2.98. The predicted molar refractivity (Wildman–Crippen MR) is 73.5 cm³/mol. The molecule has 0 saturated carbocycles. The second kappa shape index (κ2) is 8.90. The Morgan fingerprint density at radius 3 is 2.18 bits per heavy atom. The normalized spacial score (nSPS) is 15.9. The summed E-state index contributed by atoms with van der Waals surface area (Å²) in [4.78, 5) is 0. The summed E-state index contributed by atoms with van der Waals surface area (Å²) in [5.74, 6) is 0. The fourth-order valence-electron chi connectivity index (χ4n) is 2.05. The van der Waals surface area contributed by atoms with Gasteiger partial charge in [0.25, 0.3) is 0 Å². The molecule has 0 radical (unpaired) electrons. The Morgan fingerprint density at radius 1 is 1.12 bits per heavy atom. The van der Waals surface area contributed by atoms with E-state index in [9.17, 15) is 0 Å². The van der Waals surface area contributed by atoms with E-state index in [0.29, 0.717) is 12.1 Å². The van der Waals surface area contributed by atoms with Crippen molar-refractivity contribution >= 4 is 0 Å². The fourth-order valence-corrected chi connectivity index (χ4v) is 2.05. The fraction of sp³-hybridized carbons (Fsp3) is 1.00. The van der Waals surface area contributed by atoms with Crippen LogP contribution in [0.1, 0.15) is 53.4 Å². The van der Waals surface area contributed by atoms with Gasteiger partial charge in [-0.15, -0.1) is 0 Å². The van der Waals surface area contributed by atoms with Gasteiger partial charge in [0.1, 0.15) is 0 Å². The van der Waals surface area contributed by atoms with Crippen LogP contribution in [0.4, 0.5) is 0 Å². The first kappa shape index (κ1) is 16.9. The molecule has 1 N–H and O–H groups in total. The summed E-state index contributed by atoms with van der Waals surface area (Å²) in [5, 5.41) is 3.53. The number of hydrogen-bond donors (Lipinski definition) is 1. The maximum Gasteiger partial charge on any atom is 0.0724 e. The molecule has 0 aromatic heterocycles. The van der Waals surface area contributed by atoms with Crippen molar-refractivity contribution in [3.63, 3.8) is 0 Å². The molecule has 17 heavy (non-hydrogen) atoms. The molecule has 0 fully saturated rings. The third-order valence-corrected chi connectivity index (χ3v) is 3.40. The Hall–Kier alpha value is -0.120. The molecule has 0 heterocycles. The summed E-state index contributed by atoms with van der Waals surface area (Å²) in [6, 6.07) is 0.430. The van der Waals surface area contributed by atoms with Gasteiger partial charge in [-0.1, -0.05) is 20.3 Å². The lowest BCUT2D eigenvalue weighted by Gasteiger charge is -2.30. The van der Waals surface area contributed by atoms with E-state index in [1.54, 1.807) is 7.11 Å². The van der Waals surface area contributed by atoms with Crippen LogP contribution in [0.25, 0.3) is 0 Å². The van der Waals surface area contributed by atoms with Gasteiger partial charge in [-0.3, -0.25) is 0 Å². The van der Waals surface area contributed by atoms with E-state index in [1.807, 2.05) is 7.11 Å². The Morgan fingerprint density at radius 2 is 1.76 bits per heavy atom. The van der Waals surface area contributed by atoms with Gasteiger partial charge in [0.15, 0.2) is 0 Å². The SMILES string of the molecule is CCCC(OC)C(CCC(C)(C)OC)NCC. The van der Waals surface area contributed by atoms with Crippen molar-refractivity contribution in [2.24, 2.45) is 0 Å². The third-order valence-electron chi connectivity index (χ3n) is 3.40. The van der Waals surface area contributed by atoms with E-state index in [-0.39, 0.29) is 5.60 Å². The molecule has 0 aliphatic carbocycles. The molecule has 0 aromatic rings. The zero-order chi connectivity index (χ0) is 13.3. The van der Waals surface area contributed by atoms with Crippen LogP contribution in [0.2, 0.25) is 0 Å². The van der Waals surface area contributed by atoms with E-state index in [1.165, 1.54) is 0 Å². The molecule has 0 rings (SSSR count).